The summed E-state index contributed by atoms with van der Waals surface area (Å²) in [4.78, 5) is 11.8. The number of hydrogen-bond acceptors (Lipinski definition) is 3. The van der Waals surface area contributed by atoms with Gasteiger partial charge in [0.2, 0.25) is 0 Å². The lowest BCUT2D eigenvalue weighted by Crippen LogP contribution is -2.55. The first-order chi connectivity index (χ1) is 6.69. The maximum absolute atomic E-state index is 11.8. The van der Waals surface area contributed by atoms with Gasteiger partial charge < -0.3 is 15.4 Å². The normalized spacial score (nSPS) is 37.1. The third kappa shape index (κ3) is 1.21. The van der Waals surface area contributed by atoms with Gasteiger partial charge in [0, 0.05) is 6.61 Å². The first-order valence-electron chi connectivity index (χ1n) is 5.09. The van der Waals surface area contributed by atoms with Gasteiger partial charge in [0.05, 0.1) is 11.9 Å². The van der Waals surface area contributed by atoms with Crippen LogP contribution in [0.3, 0.4) is 0 Å². The van der Waals surface area contributed by atoms with E-state index in [0.29, 0.717) is 5.82 Å². The second kappa shape index (κ2) is 3.28. The van der Waals surface area contributed by atoms with Crippen molar-refractivity contribution in [1.82, 2.24) is 10.6 Å². The SMILES string of the molecule is C=C1NC(=O)C(CC)(C2CCCO2)N1. The average Bonchev–Trinajstić information content (AvgIpc) is 2.73. The highest BCUT2D eigenvalue weighted by molar-refractivity contribution is 5.91. The van der Waals surface area contributed by atoms with Crippen molar-refractivity contribution in [3.8, 4) is 0 Å². The van der Waals surface area contributed by atoms with Crippen molar-refractivity contribution in [2.24, 2.45) is 0 Å². The van der Waals surface area contributed by atoms with Gasteiger partial charge in [-0.15, -0.1) is 0 Å². The Morgan fingerprint density at radius 3 is 2.93 bits per heavy atom. The number of nitrogens with one attached hydrogen (secondary N) is 2. The van der Waals surface area contributed by atoms with Crippen LogP contribution in [-0.4, -0.2) is 24.2 Å². The second-order valence-electron chi connectivity index (χ2n) is 3.88. The molecule has 2 N–H and O–H groups in total. The molecule has 4 heteroatoms. The minimum absolute atomic E-state index is 0.00287. The van der Waals surface area contributed by atoms with E-state index < -0.39 is 5.54 Å². The summed E-state index contributed by atoms with van der Waals surface area (Å²) >= 11 is 0. The number of carbonyl (C=O) groups excluding carboxylic acids is 1. The van der Waals surface area contributed by atoms with Gasteiger partial charge in [0.25, 0.3) is 5.91 Å². The van der Waals surface area contributed by atoms with E-state index >= 15 is 0 Å². The summed E-state index contributed by atoms with van der Waals surface area (Å²) in [5.41, 5.74) is -0.576. The van der Waals surface area contributed by atoms with E-state index in [1.54, 1.807) is 0 Å². The Morgan fingerprint density at radius 1 is 1.71 bits per heavy atom. The molecule has 0 bridgehead atoms. The number of hydrogen-bond donors (Lipinski definition) is 2. The van der Waals surface area contributed by atoms with E-state index in [-0.39, 0.29) is 12.0 Å². The summed E-state index contributed by atoms with van der Waals surface area (Å²) in [6.07, 6.45) is 2.70. The Bertz CT molecular complexity index is 271. The first-order valence-corrected chi connectivity index (χ1v) is 5.09. The highest BCUT2D eigenvalue weighted by atomic mass is 16.5. The number of carbonyl (C=O) groups is 1. The van der Waals surface area contributed by atoms with Gasteiger partial charge in [-0.3, -0.25) is 4.79 Å². The summed E-state index contributed by atoms with van der Waals surface area (Å²) in [5, 5.41) is 5.84. The lowest BCUT2D eigenvalue weighted by molar-refractivity contribution is -0.128. The minimum atomic E-state index is -0.576. The molecule has 2 unspecified atom stereocenters. The summed E-state index contributed by atoms with van der Waals surface area (Å²) in [6.45, 7) is 6.47. The molecule has 0 radical (unpaired) electrons. The zero-order valence-corrected chi connectivity index (χ0v) is 8.43. The summed E-state index contributed by atoms with van der Waals surface area (Å²) in [5.74, 6) is 0.587. The molecule has 0 aliphatic carbocycles. The molecule has 0 aromatic heterocycles. The van der Waals surface area contributed by atoms with Crippen LogP contribution in [0.4, 0.5) is 0 Å². The third-order valence-corrected chi connectivity index (χ3v) is 3.08. The molecular formula is C10H16N2O2. The Balaban J connectivity index is 2.24. The van der Waals surface area contributed by atoms with E-state index in [2.05, 4.69) is 17.2 Å². The fourth-order valence-electron chi connectivity index (χ4n) is 2.28. The Hall–Kier alpha value is -1.03. The Kier molecular flexibility index (Phi) is 2.23. The maximum Gasteiger partial charge on any atom is 0.253 e. The molecule has 2 saturated heterocycles. The van der Waals surface area contributed by atoms with Crippen LogP contribution in [0.2, 0.25) is 0 Å². The molecule has 2 heterocycles. The number of ether oxygens (including phenoxy) is 1. The zero-order chi connectivity index (χ0) is 10.2. The highest BCUT2D eigenvalue weighted by Gasteiger charge is 2.50. The lowest BCUT2D eigenvalue weighted by atomic mass is 9.88. The summed E-state index contributed by atoms with van der Waals surface area (Å²) in [7, 11) is 0. The van der Waals surface area contributed by atoms with Crippen LogP contribution in [0.15, 0.2) is 12.4 Å². The lowest BCUT2D eigenvalue weighted by Gasteiger charge is -2.30. The van der Waals surface area contributed by atoms with Gasteiger partial charge in [-0.25, -0.2) is 0 Å². The molecule has 2 aliphatic heterocycles. The fraction of sp³-hybridized carbons (Fsp3) is 0.700. The van der Waals surface area contributed by atoms with Gasteiger partial charge in [-0.1, -0.05) is 13.5 Å². The molecule has 0 aromatic rings. The molecule has 0 spiro atoms. The van der Waals surface area contributed by atoms with Gasteiger partial charge >= 0.3 is 0 Å². The zero-order valence-electron chi connectivity index (χ0n) is 8.43. The fourth-order valence-corrected chi connectivity index (χ4v) is 2.28. The van der Waals surface area contributed by atoms with E-state index in [1.165, 1.54) is 0 Å². The predicted molar refractivity (Wildman–Crippen MR) is 52.4 cm³/mol. The Morgan fingerprint density at radius 2 is 2.50 bits per heavy atom. The largest absolute Gasteiger partial charge is 0.375 e. The highest BCUT2D eigenvalue weighted by Crippen LogP contribution is 2.30. The van der Waals surface area contributed by atoms with Crippen LogP contribution >= 0.6 is 0 Å². The molecule has 14 heavy (non-hydrogen) atoms. The van der Waals surface area contributed by atoms with Crippen molar-refractivity contribution in [1.29, 1.82) is 0 Å². The van der Waals surface area contributed by atoms with Gasteiger partial charge in [-0.05, 0) is 19.3 Å². The molecular weight excluding hydrogens is 180 g/mol. The smallest absolute Gasteiger partial charge is 0.253 e. The third-order valence-electron chi connectivity index (χ3n) is 3.08. The number of rotatable bonds is 2. The minimum Gasteiger partial charge on any atom is -0.375 e. The van der Waals surface area contributed by atoms with Gasteiger partial charge in [0.1, 0.15) is 5.54 Å². The number of amides is 1. The molecule has 1 amide bonds. The summed E-state index contributed by atoms with van der Waals surface area (Å²) in [6, 6.07) is 0. The van der Waals surface area contributed by atoms with Crippen molar-refractivity contribution in [3.63, 3.8) is 0 Å². The van der Waals surface area contributed by atoms with E-state index in [9.17, 15) is 4.79 Å². The summed E-state index contributed by atoms with van der Waals surface area (Å²) < 4.78 is 5.59. The van der Waals surface area contributed by atoms with E-state index in [0.717, 1.165) is 25.9 Å². The van der Waals surface area contributed by atoms with Gasteiger partial charge in [-0.2, -0.15) is 0 Å². The van der Waals surface area contributed by atoms with Crippen LogP contribution in [0.25, 0.3) is 0 Å². The van der Waals surface area contributed by atoms with Crippen LogP contribution in [-0.2, 0) is 9.53 Å². The van der Waals surface area contributed by atoms with Gasteiger partial charge in [0.15, 0.2) is 0 Å². The molecule has 2 aliphatic rings. The van der Waals surface area contributed by atoms with E-state index in [1.807, 2.05) is 6.92 Å². The monoisotopic (exact) mass is 196 g/mol. The van der Waals surface area contributed by atoms with Crippen LogP contribution < -0.4 is 10.6 Å². The standard InChI is InChI=1S/C10H16N2O2/c1-3-10(8-5-4-6-14-8)9(13)11-7(2)12-10/h8,12H,2-6H2,1H3,(H,11,13). The van der Waals surface area contributed by atoms with Crippen molar-refractivity contribution in [2.45, 2.75) is 37.8 Å². The van der Waals surface area contributed by atoms with Crippen LogP contribution in [0.1, 0.15) is 26.2 Å². The molecule has 0 aromatic carbocycles. The second-order valence-corrected chi connectivity index (χ2v) is 3.88. The topological polar surface area (TPSA) is 50.4 Å². The predicted octanol–water partition coefficient (Wildman–Crippen LogP) is 0.505. The van der Waals surface area contributed by atoms with Crippen molar-refractivity contribution in [3.05, 3.63) is 12.4 Å². The molecule has 2 rings (SSSR count). The van der Waals surface area contributed by atoms with Crippen LogP contribution in [0.5, 0.6) is 0 Å². The van der Waals surface area contributed by atoms with Crippen molar-refractivity contribution < 1.29 is 9.53 Å². The quantitative estimate of drug-likeness (QED) is 0.676. The average molecular weight is 196 g/mol. The van der Waals surface area contributed by atoms with Crippen LogP contribution in [0, 0.1) is 0 Å². The molecule has 78 valence electrons. The van der Waals surface area contributed by atoms with E-state index in [4.69, 9.17) is 4.74 Å². The van der Waals surface area contributed by atoms with Crippen molar-refractivity contribution in [2.75, 3.05) is 6.61 Å². The molecule has 2 atom stereocenters. The first kappa shape index (κ1) is 9.52. The maximum atomic E-state index is 11.8. The van der Waals surface area contributed by atoms with Crippen molar-refractivity contribution >= 4 is 5.91 Å². The molecule has 2 fully saturated rings. The molecule has 4 nitrogen and oxygen atoms in total. The molecule has 0 saturated carbocycles. The Labute approximate surface area is 83.7 Å².